The van der Waals surface area contributed by atoms with Crippen molar-refractivity contribution >= 4 is 22.5 Å². The molecule has 0 bridgehead atoms. The summed E-state index contributed by atoms with van der Waals surface area (Å²) in [5, 5.41) is 3.62. The molecule has 1 aliphatic heterocycles. The number of fused-ring (bicyclic) bond motifs is 1. The lowest BCUT2D eigenvalue weighted by Gasteiger charge is -2.29. The zero-order chi connectivity index (χ0) is 23.7. The average Bonchev–Trinajstić information content (AvgIpc) is 3.32. The maximum atomic E-state index is 13.2. The lowest BCUT2D eigenvalue weighted by molar-refractivity contribution is 0.0947. The first kappa shape index (κ1) is 21.9. The molecule has 1 amide bonds. The van der Waals surface area contributed by atoms with Gasteiger partial charge in [0, 0.05) is 59.2 Å². The number of ether oxygens (including phenoxy) is 1. The van der Waals surface area contributed by atoms with E-state index in [1.54, 1.807) is 6.20 Å². The van der Waals surface area contributed by atoms with Gasteiger partial charge in [-0.2, -0.15) is 0 Å². The first-order valence-electron chi connectivity index (χ1n) is 11.4. The van der Waals surface area contributed by atoms with Gasteiger partial charge >= 0.3 is 0 Å². The molecular weight excluding hydrogens is 430 g/mol. The second kappa shape index (κ2) is 9.15. The molecule has 1 aromatic carbocycles. The molecule has 8 nitrogen and oxygen atoms in total. The van der Waals surface area contributed by atoms with Crippen LogP contribution in [0.3, 0.4) is 0 Å². The Balaban J connectivity index is 1.46. The third-order valence-corrected chi connectivity index (χ3v) is 6.20. The number of morpholine rings is 1. The van der Waals surface area contributed by atoms with Crippen LogP contribution in [0, 0.1) is 13.8 Å². The zero-order valence-electron chi connectivity index (χ0n) is 19.3. The number of aromatic nitrogens is 3. The number of aromatic amines is 2. The Labute approximate surface area is 197 Å². The number of hydrogen-bond donors (Lipinski definition) is 3. The van der Waals surface area contributed by atoms with Crippen molar-refractivity contribution in [3.63, 3.8) is 0 Å². The Kier molecular flexibility index (Phi) is 5.90. The van der Waals surface area contributed by atoms with Crippen molar-refractivity contribution in [2.45, 2.75) is 20.4 Å². The Morgan fingerprint density at radius 3 is 2.76 bits per heavy atom. The van der Waals surface area contributed by atoms with Gasteiger partial charge in [0.15, 0.2) is 0 Å². The number of pyridine rings is 2. The molecule has 0 unspecified atom stereocenters. The summed E-state index contributed by atoms with van der Waals surface area (Å²) in [7, 11) is 0. The number of aryl methyl sites for hydroxylation is 2. The Hall–Kier alpha value is -3.91. The van der Waals surface area contributed by atoms with E-state index in [2.05, 4.69) is 32.3 Å². The number of rotatable bonds is 5. The summed E-state index contributed by atoms with van der Waals surface area (Å²) in [6.45, 7) is 6.95. The number of carbonyl (C=O) groups is 1. The van der Waals surface area contributed by atoms with Crippen molar-refractivity contribution in [2.24, 2.45) is 0 Å². The van der Waals surface area contributed by atoms with E-state index < -0.39 is 0 Å². The van der Waals surface area contributed by atoms with Crippen LogP contribution in [-0.2, 0) is 11.3 Å². The predicted octanol–water partition coefficient (Wildman–Crippen LogP) is 3.30. The van der Waals surface area contributed by atoms with Crippen molar-refractivity contribution < 1.29 is 9.53 Å². The monoisotopic (exact) mass is 457 g/mol. The summed E-state index contributed by atoms with van der Waals surface area (Å²) in [6.07, 6.45) is 1.80. The van der Waals surface area contributed by atoms with Gasteiger partial charge < -0.3 is 24.9 Å². The van der Waals surface area contributed by atoms with Gasteiger partial charge in [-0.1, -0.05) is 12.1 Å². The highest BCUT2D eigenvalue weighted by atomic mass is 16.5. The van der Waals surface area contributed by atoms with Crippen LogP contribution in [0.15, 0.2) is 53.5 Å². The number of amides is 1. The largest absolute Gasteiger partial charge is 0.378 e. The lowest BCUT2D eigenvalue weighted by atomic mass is 10.1. The fourth-order valence-electron chi connectivity index (χ4n) is 4.42. The van der Waals surface area contributed by atoms with Crippen LogP contribution in [0.4, 0.5) is 5.69 Å². The van der Waals surface area contributed by atoms with Crippen LogP contribution >= 0.6 is 0 Å². The van der Waals surface area contributed by atoms with Gasteiger partial charge in [0.2, 0.25) is 0 Å². The van der Waals surface area contributed by atoms with Gasteiger partial charge in [0.05, 0.1) is 18.9 Å². The first-order chi connectivity index (χ1) is 16.5. The highest BCUT2D eigenvalue weighted by Crippen LogP contribution is 2.28. The van der Waals surface area contributed by atoms with Crippen LogP contribution in [-0.4, -0.2) is 47.2 Å². The highest BCUT2D eigenvalue weighted by molar-refractivity contribution is 6.05. The zero-order valence-corrected chi connectivity index (χ0v) is 19.3. The van der Waals surface area contributed by atoms with Crippen molar-refractivity contribution in [3.05, 3.63) is 81.5 Å². The average molecular weight is 458 g/mol. The van der Waals surface area contributed by atoms with E-state index in [0.717, 1.165) is 46.5 Å². The molecule has 4 heterocycles. The molecular formula is C26H27N5O3. The maximum Gasteiger partial charge on any atom is 0.270 e. The SMILES string of the molecule is Cc1cc(C)c(CNC(=O)c2nc(-c3cccc(N4CCOCC4)c3)cc3[nH]ccc23)c(=O)[nH]1. The van der Waals surface area contributed by atoms with Crippen molar-refractivity contribution in [3.8, 4) is 11.3 Å². The molecule has 4 aromatic rings. The normalized spacial score (nSPS) is 13.9. The minimum absolute atomic E-state index is 0.130. The third kappa shape index (κ3) is 4.32. The lowest BCUT2D eigenvalue weighted by Crippen LogP contribution is -2.36. The Morgan fingerprint density at radius 1 is 1.15 bits per heavy atom. The number of nitrogens with one attached hydrogen (secondary N) is 3. The number of nitrogens with zero attached hydrogens (tertiary/aromatic N) is 2. The van der Waals surface area contributed by atoms with Gasteiger partial charge in [-0.05, 0) is 49.7 Å². The van der Waals surface area contributed by atoms with Crippen molar-refractivity contribution in [1.82, 2.24) is 20.3 Å². The number of anilines is 1. The summed E-state index contributed by atoms with van der Waals surface area (Å²) in [5.74, 6) is -0.324. The van der Waals surface area contributed by atoms with Gasteiger partial charge in [0.1, 0.15) is 5.69 Å². The molecule has 1 fully saturated rings. The van der Waals surface area contributed by atoms with Crippen LogP contribution in [0.25, 0.3) is 22.2 Å². The Bertz CT molecular complexity index is 1420. The molecule has 8 heteroatoms. The van der Waals surface area contributed by atoms with E-state index in [9.17, 15) is 9.59 Å². The van der Waals surface area contributed by atoms with Gasteiger partial charge in [0.25, 0.3) is 11.5 Å². The molecule has 0 saturated carbocycles. The molecule has 5 rings (SSSR count). The molecule has 1 saturated heterocycles. The molecule has 3 N–H and O–H groups in total. The van der Waals surface area contributed by atoms with Crippen LogP contribution in [0.2, 0.25) is 0 Å². The van der Waals surface area contributed by atoms with E-state index in [1.807, 2.05) is 44.2 Å². The van der Waals surface area contributed by atoms with Crippen LogP contribution in [0.5, 0.6) is 0 Å². The minimum Gasteiger partial charge on any atom is -0.378 e. The Morgan fingerprint density at radius 2 is 1.97 bits per heavy atom. The second-order valence-electron chi connectivity index (χ2n) is 8.57. The van der Waals surface area contributed by atoms with E-state index in [-0.39, 0.29) is 18.0 Å². The molecule has 1 aliphatic rings. The standard InChI is InChI=1S/C26H27N5O3/c1-16-12-17(2)29-25(32)21(16)15-28-26(33)24-20-6-7-27-23(20)14-22(30-24)18-4-3-5-19(13-18)31-8-10-34-11-9-31/h3-7,12-14,27H,8-11,15H2,1-2H3,(H,28,33)(H,29,32). The second-order valence-corrected chi connectivity index (χ2v) is 8.57. The summed E-state index contributed by atoms with van der Waals surface area (Å²) in [4.78, 5) is 38.6. The number of hydrogen-bond acceptors (Lipinski definition) is 5. The predicted molar refractivity (Wildman–Crippen MR) is 132 cm³/mol. The minimum atomic E-state index is -0.324. The molecule has 0 atom stereocenters. The van der Waals surface area contributed by atoms with Crippen LogP contribution < -0.4 is 15.8 Å². The van der Waals surface area contributed by atoms with Crippen LogP contribution in [0.1, 0.15) is 27.3 Å². The third-order valence-electron chi connectivity index (χ3n) is 6.20. The van der Waals surface area contributed by atoms with E-state index in [0.29, 0.717) is 30.2 Å². The van der Waals surface area contributed by atoms with E-state index in [4.69, 9.17) is 9.72 Å². The number of carbonyl (C=O) groups excluding carboxylic acids is 1. The van der Waals surface area contributed by atoms with Gasteiger partial charge in [-0.3, -0.25) is 9.59 Å². The number of benzene rings is 1. The topological polar surface area (TPSA) is 103 Å². The summed E-state index contributed by atoms with van der Waals surface area (Å²) in [5.41, 5.74) is 5.89. The summed E-state index contributed by atoms with van der Waals surface area (Å²) >= 11 is 0. The highest BCUT2D eigenvalue weighted by Gasteiger charge is 2.18. The fourth-order valence-corrected chi connectivity index (χ4v) is 4.42. The molecule has 0 spiro atoms. The van der Waals surface area contributed by atoms with Crippen molar-refractivity contribution in [1.29, 1.82) is 0 Å². The summed E-state index contributed by atoms with van der Waals surface area (Å²) in [6, 6.07) is 13.9. The molecule has 0 radical (unpaired) electrons. The maximum absolute atomic E-state index is 13.2. The fraction of sp³-hybridized carbons (Fsp3) is 0.269. The summed E-state index contributed by atoms with van der Waals surface area (Å²) < 4.78 is 5.47. The quantitative estimate of drug-likeness (QED) is 0.427. The molecule has 174 valence electrons. The first-order valence-corrected chi connectivity index (χ1v) is 11.4. The molecule has 0 aliphatic carbocycles. The molecule has 3 aromatic heterocycles. The van der Waals surface area contributed by atoms with Gasteiger partial charge in [-0.15, -0.1) is 0 Å². The smallest absolute Gasteiger partial charge is 0.270 e. The van der Waals surface area contributed by atoms with Gasteiger partial charge in [-0.25, -0.2) is 4.98 Å². The van der Waals surface area contributed by atoms with E-state index >= 15 is 0 Å². The van der Waals surface area contributed by atoms with Crippen molar-refractivity contribution in [2.75, 3.05) is 31.2 Å². The van der Waals surface area contributed by atoms with E-state index in [1.165, 1.54) is 0 Å². The number of H-pyrrole nitrogens is 2. The molecule has 34 heavy (non-hydrogen) atoms.